The van der Waals surface area contributed by atoms with Crippen LogP contribution in [-0.4, -0.2) is 20.1 Å². The number of ether oxygens (including phenoxy) is 2. The Morgan fingerprint density at radius 2 is 1.63 bits per heavy atom. The number of benzene rings is 3. The van der Waals surface area contributed by atoms with Gasteiger partial charge in [0.25, 0.3) is 5.91 Å². The number of hydrogen-bond donors (Lipinski definition) is 1. The molecular weight excluding hydrogens is 382 g/mol. The highest BCUT2D eigenvalue weighted by atomic mass is 16.5. The number of methoxy groups -OCH3 is 2. The van der Waals surface area contributed by atoms with E-state index in [4.69, 9.17) is 13.9 Å². The van der Waals surface area contributed by atoms with Gasteiger partial charge in [-0.3, -0.25) is 4.79 Å². The average Bonchev–Trinajstić information content (AvgIpc) is 2.78. The summed E-state index contributed by atoms with van der Waals surface area (Å²) in [4.78, 5) is 25.1. The summed E-state index contributed by atoms with van der Waals surface area (Å²) in [6, 6.07) is 21.7. The zero-order valence-electron chi connectivity index (χ0n) is 16.5. The van der Waals surface area contributed by atoms with Gasteiger partial charge in [0.15, 0.2) is 11.3 Å². The molecule has 1 N–H and O–H groups in total. The van der Waals surface area contributed by atoms with Crippen molar-refractivity contribution in [3.63, 3.8) is 0 Å². The molecule has 1 amide bonds. The molecule has 1 aromatic heterocycles. The Morgan fingerprint density at radius 3 is 2.37 bits per heavy atom. The molecule has 1 heterocycles. The second kappa shape index (κ2) is 8.13. The molecule has 150 valence electrons. The molecule has 4 aromatic rings. The van der Waals surface area contributed by atoms with Crippen molar-refractivity contribution in [1.29, 1.82) is 0 Å². The van der Waals surface area contributed by atoms with Crippen LogP contribution in [0.25, 0.3) is 22.1 Å². The van der Waals surface area contributed by atoms with E-state index in [0.29, 0.717) is 22.4 Å². The van der Waals surface area contributed by atoms with Crippen molar-refractivity contribution in [2.45, 2.75) is 0 Å². The monoisotopic (exact) mass is 401 g/mol. The van der Waals surface area contributed by atoms with Crippen LogP contribution in [0, 0.1) is 0 Å². The fourth-order valence-electron chi connectivity index (χ4n) is 3.20. The third kappa shape index (κ3) is 3.75. The molecule has 0 saturated carbocycles. The molecule has 0 aliphatic carbocycles. The molecule has 0 fully saturated rings. The molecule has 0 bridgehead atoms. The third-order valence-corrected chi connectivity index (χ3v) is 4.73. The first-order valence-electron chi connectivity index (χ1n) is 9.26. The molecule has 4 rings (SSSR count). The molecule has 3 aromatic carbocycles. The Kier molecular flexibility index (Phi) is 5.22. The maximum atomic E-state index is 12.7. The van der Waals surface area contributed by atoms with Crippen molar-refractivity contribution in [2.75, 3.05) is 19.5 Å². The summed E-state index contributed by atoms with van der Waals surface area (Å²) in [5.41, 5.74) is 1.97. The molecule has 0 radical (unpaired) electrons. The molecule has 0 unspecified atom stereocenters. The normalized spacial score (nSPS) is 10.6. The SMILES string of the molecule is COc1ccc(-c2cccc(NC(=O)c3cc4cccc(OC)c4oc3=O)c2)cc1. The van der Waals surface area contributed by atoms with Crippen molar-refractivity contribution >= 4 is 22.6 Å². The lowest BCUT2D eigenvalue weighted by molar-refractivity contribution is 0.102. The predicted octanol–water partition coefficient (Wildman–Crippen LogP) is 4.73. The fourth-order valence-corrected chi connectivity index (χ4v) is 3.20. The van der Waals surface area contributed by atoms with Gasteiger partial charge in [0.2, 0.25) is 0 Å². The van der Waals surface area contributed by atoms with Crippen LogP contribution in [0.15, 0.2) is 82.0 Å². The Balaban J connectivity index is 1.62. The smallest absolute Gasteiger partial charge is 0.349 e. The van der Waals surface area contributed by atoms with Crippen LogP contribution in [0.3, 0.4) is 0 Å². The summed E-state index contributed by atoms with van der Waals surface area (Å²) >= 11 is 0. The Hall–Kier alpha value is -4.06. The second-order valence-electron chi connectivity index (χ2n) is 6.59. The summed E-state index contributed by atoms with van der Waals surface area (Å²) in [6.45, 7) is 0. The summed E-state index contributed by atoms with van der Waals surface area (Å²) in [5, 5.41) is 3.37. The number of para-hydroxylation sites is 1. The van der Waals surface area contributed by atoms with E-state index in [-0.39, 0.29) is 5.56 Å². The number of amides is 1. The largest absolute Gasteiger partial charge is 0.497 e. The van der Waals surface area contributed by atoms with Gasteiger partial charge in [-0.15, -0.1) is 0 Å². The van der Waals surface area contributed by atoms with Gasteiger partial charge in [-0.05, 0) is 47.5 Å². The zero-order chi connectivity index (χ0) is 21.1. The first-order chi connectivity index (χ1) is 14.6. The lowest BCUT2D eigenvalue weighted by atomic mass is 10.0. The summed E-state index contributed by atoms with van der Waals surface area (Å²) in [5.74, 6) is 0.659. The van der Waals surface area contributed by atoms with E-state index in [0.717, 1.165) is 16.9 Å². The van der Waals surface area contributed by atoms with Gasteiger partial charge in [-0.2, -0.15) is 0 Å². The van der Waals surface area contributed by atoms with Crippen LogP contribution in [0.2, 0.25) is 0 Å². The molecule has 6 nitrogen and oxygen atoms in total. The molecule has 0 saturated heterocycles. The lowest BCUT2D eigenvalue weighted by Gasteiger charge is -2.09. The molecule has 0 spiro atoms. The number of anilines is 1. The topological polar surface area (TPSA) is 77.8 Å². The van der Waals surface area contributed by atoms with Crippen LogP contribution in [0.4, 0.5) is 5.69 Å². The van der Waals surface area contributed by atoms with Gasteiger partial charge in [-0.25, -0.2) is 4.79 Å². The second-order valence-corrected chi connectivity index (χ2v) is 6.59. The Bertz CT molecular complexity index is 1280. The molecule has 6 heteroatoms. The van der Waals surface area contributed by atoms with Crippen molar-refractivity contribution in [1.82, 2.24) is 0 Å². The maximum absolute atomic E-state index is 12.7. The van der Waals surface area contributed by atoms with E-state index in [1.807, 2.05) is 42.5 Å². The van der Waals surface area contributed by atoms with Crippen molar-refractivity contribution in [3.05, 3.63) is 88.8 Å². The van der Waals surface area contributed by atoms with E-state index in [1.54, 1.807) is 31.4 Å². The number of carbonyl (C=O) groups excluding carboxylic acids is 1. The van der Waals surface area contributed by atoms with Gasteiger partial charge in [0.05, 0.1) is 14.2 Å². The molecular formula is C24H19NO5. The van der Waals surface area contributed by atoms with Gasteiger partial charge >= 0.3 is 5.63 Å². The van der Waals surface area contributed by atoms with Gasteiger partial charge in [0, 0.05) is 11.1 Å². The Morgan fingerprint density at radius 1 is 0.867 bits per heavy atom. The number of rotatable bonds is 5. The van der Waals surface area contributed by atoms with E-state index in [1.165, 1.54) is 13.2 Å². The predicted molar refractivity (Wildman–Crippen MR) is 115 cm³/mol. The minimum Gasteiger partial charge on any atom is -0.497 e. The minimum absolute atomic E-state index is 0.0781. The van der Waals surface area contributed by atoms with Crippen molar-refractivity contribution in [3.8, 4) is 22.6 Å². The number of hydrogen-bond acceptors (Lipinski definition) is 5. The number of nitrogens with one attached hydrogen (secondary N) is 1. The summed E-state index contributed by atoms with van der Waals surface area (Å²) in [6.07, 6.45) is 0. The van der Waals surface area contributed by atoms with Crippen molar-refractivity contribution < 1.29 is 18.7 Å². The Labute approximate surface area is 172 Å². The van der Waals surface area contributed by atoms with Crippen LogP contribution < -0.4 is 20.4 Å². The van der Waals surface area contributed by atoms with Gasteiger partial charge < -0.3 is 19.2 Å². The van der Waals surface area contributed by atoms with Gasteiger partial charge in [-0.1, -0.05) is 36.4 Å². The minimum atomic E-state index is -0.726. The van der Waals surface area contributed by atoms with Crippen LogP contribution >= 0.6 is 0 Å². The van der Waals surface area contributed by atoms with E-state index < -0.39 is 11.5 Å². The van der Waals surface area contributed by atoms with Crippen LogP contribution in [-0.2, 0) is 0 Å². The average molecular weight is 401 g/mol. The van der Waals surface area contributed by atoms with Gasteiger partial charge in [0.1, 0.15) is 11.3 Å². The zero-order valence-corrected chi connectivity index (χ0v) is 16.5. The first-order valence-corrected chi connectivity index (χ1v) is 9.26. The number of carbonyl (C=O) groups is 1. The fraction of sp³-hybridized carbons (Fsp3) is 0.0833. The first kappa shape index (κ1) is 19.3. The highest BCUT2D eigenvalue weighted by Gasteiger charge is 2.16. The quantitative estimate of drug-likeness (QED) is 0.489. The van der Waals surface area contributed by atoms with Crippen LogP contribution in [0.5, 0.6) is 11.5 Å². The summed E-state index contributed by atoms with van der Waals surface area (Å²) < 4.78 is 15.7. The molecule has 0 atom stereocenters. The summed E-state index contributed by atoms with van der Waals surface area (Å²) in [7, 11) is 3.11. The number of fused-ring (bicyclic) bond motifs is 1. The highest BCUT2D eigenvalue weighted by molar-refractivity contribution is 6.05. The van der Waals surface area contributed by atoms with Crippen LogP contribution in [0.1, 0.15) is 10.4 Å². The maximum Gasteiger partial charge on any atom is 0.349 e. The third-order valence-electron chi connectivity index (χ3n) is 4.73. The molecule has 0 aliphatic heterocycles. The van der Waals surface area contributed by atoms with E-state index >= 15 is 0 Å². The molecule has 30 heavy (non-hydrogen) atoms. The highest BCUT2D eigenvalue weighted by Crippen LogP contribution is 2.26. The lowest BCUT2D eigenvalue weighted by Crippen LogP contribution is -2.20. The van der Waals surface area contributed by atoms with E-state index in [9.17, 15) is 9.59 Å². The molecule has 0 aliphatic rings. The van der Waals surface area contributed by atoms with E-state index in [2.05, 4.69) is 5.32 Å². The van der Waals surface area contributed by atoms with Crippen molar-refractivity contribution in [2.24, 2.45) is 0 Å². The standard InChI is InChI=1S/C24H19NO5/c1-28-19-11-9-15(10-12-19)16-5-3-7-18(13-16)25-23(26)20-14-17-6-4-8-21(29-2)22(17)30-24(20)27/h3-14H,1-2H3,(H,25,26).